The van der Waals surface area contributed by atoms with Crippen LogP contribution in [0.5, 0.6) is 0 Å². The second-order valence-electron chi connectivity index (χ2n) is 7.90. The Balaban J connectivity index is 1.32. The van der Waals surface area contributed by atoms with Gasteiger partial charge in [-0.25, -0.2) is 4.79 Å². The lowest BCUT2D eigenvalue weighted by molar-refractivity contribution is 0.155. The molecule has 2 fully saturated rings. The summed E-state index contributed by atoms with van der Waals surface area (Å²) < 4.78 is 0. The average Bonchev–Trinajstić information content (AvgIpc) is 3.45. The number of nitrogens with one attached hydrogen (secondary N) is 2. The van der Waals surface area contributed by atoms with E-state index in [-0.39, 0.29) is 12.6 Å². The lowest BCUT2D eigenvalue weighted by Gasteiger charge is -2.28. The van der Waals surface area contributed by atoms with Crippen molar-refractivity contribution in [3.05, 3.63) is 35.4 Å². The van der Waals surface area contributed by atoms with E-state index in [4.69, 9.17) is 0 Å². The first-order chi connectivity index (χ1) is 11.1. The van der Waals surface area contributed by atoms with Crippen LogP contribution in [0.4, 0.5) is 4.79 Å². The average molecular weight is 314 g/mol. The largest absolute Gasteiger partial charge is 0.394 e. The molecule has 3 atom stereocenters. The summed E-state index contributed by atoms with van der Waals surface area (Å²) in [7, 11) is 0. The topological polar surface area (TPSA) is 61.4 Å². The minimum Gasteiger partial charge on any atom is -0.394 e. The van der Waals surface area contributed by atoms with Crippen LogP contribution in [-0.4, -0.2) is 29.8 Å². The predicted molar refractivity (Wildman–Crippen MR) is 89.3 cm³/mol. The highest BCUT2D eigenvalue weighted by Gasteiger charge is 2.57. The van der Waals surface area contributed by atoms with Crippen LogP contribution in [0.25, 0.3) is 0 Å². The fourth-order valence-corrected chi connectivity index (χ4v) is 4.51. The third kappa shape index (κ3) is 2.53. The summed E-state index contributed by atoms with van der Waals surface area (Å²) >= 11 is 0. The van der Waals surface area contributed by atoms with Crippen molar-refractivity contribution in [2.24, 2.45) is 11.8 Å². The van der Waals surface area contributed by atoms with Crippen molar-refractivity contribution in [3.63, 3.8) is 0 Å². The van der Waals surface area contributed by atoms with Gasteiger partial charge in [-0.3, -0.25) is 0 Å². The van der Waals surface area contributed by atoms with Crippen LogP contribution < -0.4 is 10.6 Å². The summed E-state index contributed by atoms with van der Waals surface area (Å²) in [6.45, 7) is 2.67. The predicted octanol–water partition coefficient (Wildman–Crippen LogP) is 2.35. The van der Waals surface area contributed by atoms with Gasteiger partial charge in [-0.2, -0.15) is 0 Å². The Labute approximate surface area is 137 Å². The first-order valence-electron chi connectivity index (χ1n) is 8.83. The molecule has 3 aliphatic carbocycles. The molecule has 4 rings (SSSR count). The lowest BCUT2D eigenvalue weighted by atomic mass is 9.95. The van der Waals surface area contributed by atoms with E-state index >= 15 is 0 Å². The summed E-state index contributed by atoms with van der Waals surface area (Å²) in [6.07, 6.45) is 5.77. The van der Waals surface area contributed by atoms with E-state index < -0.39 is 5.54 Å². The standard InChI is InChI=1S/C19H26N2O2/c1-18(12-22,14-6-7-14)21-17(23)20-11-15-10-19(15)9-8-13-4-2-3-5-16(13)19/h2-5,14-15,22H,6-12H2,1H3,(H2,20,21,23). The van der Waals surface area contributed by atoms with Crippen LogP contribution in [0.1, 0.15) is 43.7 Å². The zero-order valence-electron chi connectivity index (χ0n) is 13.8. The van der Waals surface area contributed by atoms with Gasteiger partial charge >= 0.3 is 6.03 Å². The summed E-state index contributed by atoms with van der Waals surface area (Å²) in [5, 5.41) is 15.6. The Morgan fingerprint density at radius 2 is 2.17 bits per heavy atom. The molecule has 0 heterocycles. The highest BCUT2D eigenvalue weighted by atomic mass is 16.3. The minimum atomic E-state index is -0.467. The number of urea groups is 1. The van der Waals surface area contributed by atoms with E-state index in [1.165, 1.54) is 30.4 Å². The molecule has 0 radical (unpaired) electrons. The molecule has 1 aromatic carbocycles. The molecule has 0 saturated heterocycles. The first kappa shape index (κ1) is 15.0. The van der Waals surface area contributed by atoms with Gasteiger partial charge in [0.15, 0.2) is 0 Å². The number of rotatable bonds is 5. The van der Waals surface area contributed by atoms with Crippen LogP contribution in [0, 0.1) is 11.8 Å². The molecule has 124 valence electrons. The van der Waals surface area contributed by atoms with Crippen LogP contribution in [0.3, 0.4) is 0 Å². The smallest absolute Gasteiger partial charge is 0.315 e. The SMILES string of the molecule is CC(CO)(NC(=O)NCC1CC12CCc1ccccc12)C1CC1. The van der Waals surface area contributed by atoms with Crippen molar-refractivity contribution in [1.82, 2.24) is 10.6 Å². The van der Waals surface area contributed by atoms with Gasteiger partial charge in [-0.1, -0.05) is 24.3 Å². The van der Waals surface area contributed by atoms with Gasteiger partial charge in [0.05, 0.1) is 12.1 Å². The number of aryl methyl sites for hydroxylation is 1. The summed E-state index contributed by atoms with van der Waals surface area (Å²) in [6, 6.07) is 8.61. The highest BCUT2D eigenvalue weighted by Crippen LogP contribution is 2.61. The van der Waals surface area contributed by atoms with E-state index in [0.717, 1.165) is 19.4 Å². The van der Waals surface area contributed by atoms with E-state index in [0.29, 0.717) is 17.3 Å². The molecule has 3 aliphatic rings. The van der Waals surface area contributed by atoms with Gasteiger partial charge in [0.2, 0.25) is 0 Å². The molecule has 0 bridgehead atoms. The number of aliphatic hydroxyl groups excluding tert-OH is 1. The molecule has 4 nitrogen and oxygen atoms in total. The van der Waals surface area contributed by atoms with E-state index in [1.807, 2.05) is 6.92 Å². The quantitative estimate of drug-likeness (QED) is 0.781. The Bertz CT molecular complexity index is 628. The molecule has 3 unspecified atom stereocenters. The number of benzene rings is 1. The molecule has 3 N–H and O–H groups in total. The number of amides is 2. The van der Waals surface area contributed by atoms with Crippen LogP contribution in [0.15, 0.2) is 24.3 Å². The van der Waals surface area contributed by atoms with Gasteiger partial charge in [-0.15, -0.1) is 0 Å². The monoisotopic (exact) mass is 314 g/mol. The van der Waals surface area contributed by atoms with Crippen molar-refractivity contribution in [1.29, 1.82) is 0 Å². The number of hydrogen-bond donors (Lipinski definition) is 3. The summed E-state index contributed by atoms with van der Waals surface area (Å²) in [4.78, 5) is 12.2. The molecule has 0 aromatic heterocycles. The fraction of sp³-hybridized carbons (Fsp3) is 0.632. The van der Waals surface area contributed by atoms with Gasteiger partial charge in [0, 0.05) is 12.0 Å². The van der Waals surface area contributed by atoms with Gasteiger partial charge in [0.25, 0.3) is 0 Å². The van der Waals surface area contributed by atoms with Crippen molar-refractivity contribution < 1.29 is 9.90 Å². The van der Waals surface area contributed by atoms with Crippen molar-refractivity contribution >= 4 is 6.03 Å². The van der Waals surface area contributed by atoms with Gasteiger partial charge in [-0.05, 0) is 62.0 Å². The fourth-order valence-electron chi connectivity index (χ4n) is 4.51. The molecule has 2 amide bonds. The molecule has 1 spiro atoms. The van der Waals surface area contributed by atoms with Crippen LogP contribution in [0.2, 0.25) is 0 Å². The summed E-state index contributed by atoms with van der Waals surface area (Å²) in [5.74, 6) is 0.977. The van der Waals surface area contributed by atoms with Gasteiger partial charge in [0.1, 0.15) is 0 Å². The Morgan fingerprint density at radius 1 is 1.39 bits per heavy atom. The van der Waals surface area contributed by atoms with Crippen molar-refractivity contribution in [3.8, 4) is 0 Å². The second kappa shape index (κ2) is 5.23. The molecule has 2 saturated carbocycles. The maximum atomic E-state index is 12.2. The Morgan fingerprint density at radius 3 is 2.91 bits per heavy atom. The normalized spacial score (nSPS) is 30.6. The number of aliphatic hydroxyl groups is 1. The number of carbonyl (C=O) groups is 1. The third-order valence-corrected chi connectivity index (χ3v) is 6.34. The molecule has 1 aromatic rings. The number of hydrogen-bond acceptors (Lipinski definition) is 2. The number of carbonyl (C=O) groups excluding carboxylic acids is 1. The maximum Gasteiger partial charge on any atom is 0.315 e. The van der Waals surface area contributed by atoms with Crippen molar-refractivity contribution in [2.75, 3.05) is 13.2 Å². The highest BCUT2D eigenvalue weighted by molar-refractivity contribution is 5.75. The molecule has 0 aliphatic heterocycles. The summed E-state index contributed by atoms with van der Waals surface area (Å²) in [5.41, 5.74) is 2.85. The van der Waals surface area contributed by atoms with E-state index in [9.17, 15) is 9.90 Å². The third-order valence-electron chi connectivity index (χ3n) is 6.34. The molecule has 23 heavy (non-hydrogen) atoms. The Hall–Kier alpha value is -1.55. The number of fused-ring (bicyclic) bond motifs is 2. The molecule has 4 heteroatoms. The molecular formula is C19H26N2O2. The zero-order chi connectivity index (χ0) is 16.1. The van der Waals surface area contributed by atoms with Crippen LogP contribution in [-0.2, 0) is 11.8 Å². The maximum absolute atomic E-state index is 12.2. The van der Waals surface area contributed by atoms with Crippen molar-refractivity contribution in [2.45, 2.75) is 50.0 Å². The van der Waals surface area contributed by atoms with E-state index in [1.54, 1.807) is 0 Å². The van der Waals surface area contributed by atoms with Gasteiger partial charge < -0.3 is 15.7 Å². The zero-order valence-corrected chi connectivity index (χ0v) is 13.8. The second-order valence-corrected chi connectivity index (χ2v) is 7.90. The first-order valence-corrected chi connectivity index (χ1v) is 8.83. The minimum absolute atomic E-state index is 0.00578. The lowest BCUT2D eigenvalue weighted by Crippen LogP contribution is -2.54. The van der Waals surface area contributed by atoms with Crippen LogP contribution >= 0.6 is 0 Å². The Kier molecular flexibility index (Phi) is 3.41. The molecular weight excluding hydrogens is 288 g/mol. The van der Waals surface area contributed by atoms with E-state index in [2.05, 4.69) is 34.9 Å².